The summed E-state index contributed by atoms with van der Waals surface area (Å²) in [6, 6.07) is 9.81. The Bertz CT molecular complexity index is 471. The van der Waals surface area contributed by atoms with Crippen molar-refractivity contribution in [2.24, 2.45) is 5.92 Å². The second kappa shape index (κ2) is 12.1. The molecule has 0 amide bonds. The fourth-order valence-corrected chi connectivity index (χ4v) is 3.34. The molecule has 1 rings (SSSR count). The van der Waals surface area contributed by atoms with E-state index < -0.39 is 11.6 Å². The summed E-state index contributed by atoms with van der Waals surface area (Å²) in [4.78, 5) is 11.9. The lowest BCUT2D eigenvalue weighted by molar-refractivity contribution is -0.171. The lowest BCUT2D eigenvalue weighted by atomic mass is 9.86. The molecular weight excluding hydrogens is 312 g/mol. The molecule has 0 heterocycles. The summed E-state index contributed by atoms with van der Waals surface area (Å²) in [6.45, 7) is 6.65. The summed E-state index contributed by atoms with van der Waals surface area (Å²) in [6.07, 6.45) is 9.80. The Kier molecular flexibility index (Phi) is 10.5. The van der Waals surface area contributed by atoms with Crippen LogP contribution in [-0.2, 0) is 16.1 Å². The molecule has 3 heteroatoms. The molecule has 0 saturated carbocycles. The number of rotatable bonds is 14. The van der Waals surface area contributed by atoms with Crippen LogP contribution in [0.15, 0.2) is 30.3 Å². The Morgan fingerprint density at radius 1 is 1.08 bits per heavy atom. The van der Waals surface area contributed by atoms with Crippen molar-refractivity contribution in [1.29, 1.82) is 0 Å². The van der Waals surface area contributed by atoms with Crippen LogP contribution in [0.3, 0.4) is 0 Å². The zero-order chi connectivity index (χ0) is 18.5. The highest BCUT2D eigenvalue weighted by Gasteiger charge is 2.39. The molecule has 0 aliphatic carbocycles. The molecule has 1 aromatic carbocycles. The first kappa shape index (κ1) is 21.7. The van der Waals surface area contributed by atoms with Gasteiger partial charge < -0.3 is 9.84 Å². The molecule has 2 unspecified atom stereocenters. The summed E-state index contributed by atoms with van der Waals surface area (Å²) in [5, 5.41) is 9.79. The van der Waals surface area contributed by atoms with Crippen LogP contribution in [0.5, 0.6) is 0 Å². The molecule has 2 atom stereocenters. The van der Waals surface area contributed by atoms with E-state index in [0.29, 0.717) is 25.4 Å². The molecule has 1 N–H and O–H groups in total. The number of hydrogen-bond acceptors (Lipinski definition) is 2. The van der Waals surface area contributed by atoms with Gasteiger partial charge in [-0.1, -0.05) is 96.0 Å². The van der Waals surface area contributed by atoms with Crippen molar-refractivity contribution in [2.45, 2.75) is 90.8 Å². The largest absolute Gasteiger partial charge is 0.479 e. The van der Waals surface area contributed by atoms with Gasteiger partial charge in [0.1, 0.15) is 0 Å². The maximum absolute atomic E-state index is 11.9. The van der Waals surface area contributed by atoms with Gasteiger partial charge >= 0.3 is 5.97 Å². The third-order valence-electron chi connectivity index (χ3n) is 5.05. The van der Waals surface area contributed by atoms with E-state index in [1.54, 1.807) is 0 Å². The molecule has 25 heavy (non-hydrogen) atoms. The van der Waals surface area contributed by atoms with Crippen LogP contribution >= 0.6 is 0 Å². The predicted molar refractivity (Wildman–Crippen MR) is 104 cm³/mol. The highest BCUT2D eigenvalue weighted by molar-refractivity contribution is 5.77. The topological polar surface area (TPSA) is 46.5 Å². The summed E-state index contributed by atoms with van der Waals surface area (Å²) in [7, 11) is 0. The molecule has 0 aromatic heterocycles. The van der Waals surface area contributed by atoms with Gasteiger partial charge in [-0.05, 0) is 24.3 Å². The summed E-state index contributed by atoms with van der Waals surface area (Å²) in [5.41, 5.74) is -0.0533. The average molecular weight is 349 g/mol. The van der Waals surface area contributed by atoms with Crippen LogP contribution < -0.4 is 0 Å². The number of unbranched alkanes of at least 4 members (excludes halogenated alkanes) is 5. The number of carboxylic acids is 1. The highest BCUT2D eigenvalue weighted by Crippen LogP contribution is 2.29. The zero-order valence-electron chi connectivity index (χ0n) is 16.3. The third kappa shape index (κ3) is 8.04. The molecule has 142 valence electrons. The quantitative estimate of drug-likeness (QED) is 0.406. The van der Waals surface area contributed by atoms with E-state index in [2.05, 4.69) is 13.8 Å². The molecule has 0 spiro atoms. The minimum absolute atomic E-state index is 0.352. The van der Waals surface area contributed by atoms with Crippen molar-refractivity contribution >= 4 is 5.97 Å². The minimum Gasteiger partial charge on any atom is -0.479 e. The maximum atomic E-state index is 11.9. The van der Waals surface area contributed by atoms with Crippen LogP contribution in [0.4, 0.5) is 0 Å². The van der Waals surface area contributed by atoms with Crippen molar-refractivity contribution < 1.29 is 14.6 Å². The molecule has 3 nitrogen and oxygen atoms in total. The van der Waals surface area contributed by atoms with Crippen molar-refractivity contribution in [2.75, 3.05) is 0 Å². The van der Waals surface area contributed by atoms with Crippen LogP contribution in [-0.4, -0.2) is 16.7 Å². The Morgan fingerprint density at radius 3 is 2.32 bits per heavy atom. The standard InChI is InChI=1S/C22H36O3/c1-4-6-7-8-9-11-14-19(3)17-22(5-2,21(23)24)25-18-20-15-12-10-13-16-20/h10,12-13,15-16,19H,4-9,11,14,17-18H2,1-3H3,(H,23,24). The Morgan fingerprint density at radius 2 is 1.72 bits per heavy atom. The fraction of sp³-hybridized carbons (Fsp3) is 0.682. The molecule has 0 bridgehead atoms. The number of hydrogen-bond donors (Lipinski definition) is 1. The minimum atomic E-state index is -1.07. The molecule has 0 aliphatic heterocycles. The number of carboxylic acid groups (broad SMARTS) is 1. The van der Waals surface area contributed by atoms with Gasteiger partial charge in [0.15, 0.2) is 5.60 Å². The molecule has 0 aliphatic rings. The molecule has 0 saturated heterocycles. The van der Waals surface area contributed by atoms with Crippen molar-refractivity contribution in [1.82, 2.24) is 0 Å². The van der Waals surface area contributed by atoms with E-state index in [1.165, 1.54) is 38.5 Å². The number of benzene rings is 1. The first-order valence-corrected chi connectivity index (χ1v) is 9.95. The SMILES string of the molecule is CCCCCCCCC(C)CC(CC)(OCc1ccccc1)C(=O)O. The van der Waals surface area contributed by atoms with Crippen molar-refractivity contribution in [3.63, 3.8) is 0 Å². The molecule has 1 aromatic rings. The Labute approximate surface area is 153 Å². The zero-order valence-corrected chi connectivity index (χ0v) is 16.3. The van der Waals surface area contributed by atoms with Crippen LogP contribution in [0.2, 0.25) is 0 Å². The van der Waals surface area contributed by atoms with Gasteiger partial charge in [0.25, 0.3) is 0 Å². The van der Waals surface area contributed by atoms with Crippen LogP contribution in [0, 0.1) is 5.92 Å². The highest BCUT2D eigenvalue weighted by atomic mass is 16.5. The van der Waals surface area contributed by atoms with Gasteiger partial charge in [-0.2, -0.15) is 0 Å². The van der Waals surface area contributed by atoms with Gasteiger partial charge in [0.2, 0.25) is 0 Å². The molecule has 0 fully saturated rings. The molecular formula is C22H36O3. The fourth-order valence-electron chi connectivity index (χ4n) is 3.34. The van der Waals surface area contributed by atoms with E-state index >= 15 is 0 Å². The number of ether oxygens (including phenoxy) is 1. The van der Waals surface area contributed by atoms with E-state index in [9.17, 15) is 9.90 Å². The predicted octanol–water partition coefficient (Wildman–Crippen LogP) is 6.21. The normalized spacial score (nSPS) is 14.8. The van der Waals surface area contributed by atoms with Gasteiger partial charge in [0.05, 0.1) is 6.61 Å². The lowest BCUT2D eigenvalue weighted by Gasteiger charge is -2.31. The van der Waals surface area contributed by atoms with Gasteiger partial charge in [-0.25, -0.2) is 4.79 Å². The van der Waals surface area contributed by atoms with Crippen LogP contribution in [0.25, 0.3) is 0 Å². The van der Waals surface area contributed by atoms with E-state index in [1.807, 2.05) is 37.3 Å². The summed E-state index contributed by atoms with van der Waals surface area (Å²) >= 11 is 0. The van der Waals surface area contributed by atoms with E-state index in [0.717, 1.165) is 12.0 Å². The van der Waals surface area contributed by atoms with Crippen LogP contribution in [0.1, 0.15) is 84.1 Å². The van der Waals surface area contributed by atoms with Crippen molar-refractivity contribution in [3.8, 4) is 0 Å². The number of aliphatic carboxylic acids is 1. The lowest BCUT2D eigenvalue weighted by Crippen LogP contribution is -2.42. The summed E-state index contributed by atoms with van der Waals surface area (Å²) < 4.78 is 5.96. The third-order valence-corrected chi connectivity index (χ3v) is 5.05. The summed E-state index contributed by atoms with van der Waals surface area (Å²) in [5.74, 6) is -0.473. The van der Waals surface area contributed by atoms with E-state index in [4.69, 9.17) is 4.74 Å². The van der Waals surface area contributed by atoms with Crippen molar-refractivity contribution in [3.05, 3.63) is 35.9 Å². The average Bonchev–Trinajstić information content (AvgIpc) is 2.62. The second-order valence-electron chi connectivity index (χ2n) is 7.29. The Hall–Kier alpha value is -1.35. The monoisotopic (exact) mass is 348 g/mol. The maximum Gasteiger partial charge on any atom is 0.335 e. The van der Waals surface area contributed by atoms with Gasteiger partial charge in [-0.3, -0.25) is 0 Å². The second-order valence-corrected chi connectivity index (χ2v) is 7.29. The number of carbonyl (C=O) groups is 1. The van der Waals surface area contributed by atoms with Gasteiger partial charge in [0, 0.05) is 0 Å². The first-order chi connectivity index (χ1) is 12.0. The smallest absolute Gasteiger partial charge is 0.335 e. The van der Waals surface area contributed by atoms with Gasteiger partial charge in [-0.15, -0.1) is 0 Å². The molecule has 0 radical (unpaired) electrons. The first-order valence-electron chi connectivity index (χ1n) is 9.95. The van der Waals surface area contributed by atoms with E-state index in [-0.39, 0.29) is 0 Å². The Balaban J connectivity index is 2.49.